The van der Waals surface area contributed by atoms with E-state index in [1.165, 1.54) is 0 Å². The van der Waals surface area contributed by atoms with Gasteiger partial charge in [0.2, 0.25) is 0 Å². The molecule has 6 heteroatoms. The van der Waals surface area contributed by atoms with E-state index in [0.29, 0.717) is 36.8 Å². The summed E-state index contributed by atoms with van der Waals surface area (Å²) in [6, 6.07) is 13.0. The molecule has 5 nitrogen and oxygen atoms in total. The van der Waals surface area contributed by atoms with Crippen molar-refractivity contribution in [3.63, 3.8) is 0 Å². The van der Waals surface area contributed by atoms with Crippen LogP contribution in [0.2, 0.25) is 0 Å². The topological polar surface area (TPSA) is 59.6 Å². The minimum absolute atomic E-state index is 0. The predicted molar refractivity (Wildman–Crippen MR) is 96.5 cm³/mol. The van der Waals surface area contributed by atoms with Crippen LogP contribution >= 0.6 is 12.4 Å². The molecular formula is C18H21ClN2O3. The summed E-state index contributed by atoms with van der Waals surface area (Å²) in [7, 11) is 0. The van der Waals surface area contributed by atoms with Gasteiger partial charge < -0.3 is 20.1 Å². The van der Waals surface area contributed by atoms with E-state index in [0.717, 1.165) is 17.8 Å². The van der Waals surface area contributed by atoms with E-state index in [4.69, 9.17) is 9.47 Å². The quantitative estimate of drug-likeness (QED) is 0.870. The molecule has 0 atom stereocenters. The van der Waals surface area contributed by atoms with Gasteiger partial charge in [0, 0.05) is 17.8 Å². The Bertz CT molecular complexity index is 706. The Hall–Kier alpha value is -2.24. The highest BCUT2D eigenvalue weighted by atomic mass is 35.5. The third-order valence-corrected chi connectivity index (χ3v) is 3.64. The number of para-hydroxylation sites is 1. The van der Waals surface area contributed by atoms with Gasteiger partial charge in [-0.25, -0.2) is 0 Å². The van der Waals surface area contributed by atoms with E-state index in [1.807, 2.05) is 24.3 Å². The second kappa shape index (κ2) is 8.57. The van der Waals surface area contributed by atoms with Crippen molar-refractivity contribution in [2.75, 3.05) is 25.1 Å². The summed E-state index contributed by atoms with van der Waals surface area (Å²) < 4.78 is 11.0. The third-order valence-electron chi connectivity index (χ3n) is 3.64. The predicted octanol–water partition coefficient (Wildman–Crippen LogP) is 3.24. The lowest BCUT2D eigenvalue weighted by Gasteiger charge is -2.19. The summed E-state index contributed by atoms with van der Waals surface area (Å²) in [6.07, 6.45) is 0. The summed E-state index contributed by atoms with van der Waals surface area (Å²) in [6.45, 7) is 4.69. The van der Waals surface area contributed by atoms with Crippen LogP contribution in [-0.4, -0.2) is 25.7 Å². The highest BCUT2D eigenvalue weighted by Gasteiger charge is 2.15. The molecule has 3 rings (SSSR count). The molecule has 0 unspecified atom stereocenters. The van der Waals surface area contributed by atoms with Gasteiger partial charge in [-0.2, -0.15) is 0 Å². The van der Waals surface area contributed by atoms with E-state index in [-0.39, 0.29) is 18.3 Å². The first-order chi connectivity index (χ1) is 11.3. The molecule has 1 heterocycles. The number of nitrogens with one attached hydrogen (secondary N) is 2. The Balaban J connectivity index is 0.00000208. The van der Waals surface area contributed by atoms with Crippen molar-refractivity contribution in [2.24, 2.45) is 0 Å². The molecular weight excluding hydrogens is 328 g/mol. The maximum atomic E-state index is 12.5. The van der Waals surface area contributed by atoms with E-state index in [2.05, 4.69) is 17.6 Å². The molecule has 0 aliphatic carbocycles. The zero-order valence-electron chi connectivity index (χ0n) is 13.5. The number of hydrogen-bond acceptors (Lipinski definition) is 4. The number of carbonyl (C=O) groups is 1. The Labute approximate surface area is 147 Å². The van der Waals surface area contributed by atoms with Crippen LogP contribution in [-0.2, 0) is 6.54 Å². The van der Waals surface area contributed by atoms with Gasteiger partial charge in [0.15, 0.2) is 11.5 Å². The summed E-state index contributed by atoms with van der Waals surface area (Å²) in [5, 5.41) is 6.24. The number of hydrogen-bond donors (Lipinski definition) is 2. The van der Waals surface area contributed by atoms with Crippen molar-refractivity contribution in [3.8, 4) is 11.5 Å². The fourth-order valence-corrected chi connectivity index (χ4v) is 2.44. The fraction of sp³-hybridized carbons (Fsp3) is 0.278. The summed E-state index contributed by atoms with van der Waals surface area (Å²) >= 11 is 0. The summed E-state index contributed by atoms with van der Waals surface area (Å²) in [5.41, 5.74) is 2.42. The third kappa shape index (κ3) is 4.19. The molecule has 0 aromatic heterocycles. The normalized spacial score (nSPS) is 12.2. The van der Waals surface area contributed by atoms with Crippen LogP contribution in [0.15, 0.2) is 42.5 Å². The van der Waals surface area contributed by atoms with Gasteiger partial charge in [-0.15, -0.1) is 12.4 Å². The monoisotopic (exact) mass is 348 g/mol. The maximum Gasteiger partial charge on any atom is 0.255 e. The van der Waals surface area contributed by atoms with Crippen molar-refractivity contribution in [1.29, 1.82) is 0 Å². The molecule has 1 amide bonds. The molecule has 0 spiro atoms. The Morgan fingerprint density at radius 1 is 1.08 bits per heavy atom. The van der Waals surface area contributed by atoms with Crippen LogP contribution in [0.25, 0.3) is 0 Å². The molecule has 24 heavy (non-hydrogen) atoms. The lowest BCUT2D eigenvalue weighted by molar-refractivity contribution is 0.102. The van der Waals surface area contributed by atoms with Crippen LogP contribution in [0.1, 0.15) is 22.8 Å². The standard InChI is InChI=1S/C18H20N2O3.ClH/c1-2-19-12-14-5-3-4-6-15(14)20-18(21)13-7-8-16-17(11-13)23-10-9-22-16;/h3-8,11,19H,2,9-10,12H2,1H3,(H,20,21);1H. The lowest BCUT2D eigenvalue weighted by atomic mass is 10.1. The van der Waals surface area contributed by atoms with Crippen LogP contribution < -0.4 is 20.1 Å². The molecule has 2 N–H and O–H groups in total. The van der Waals surface area contributed by atoms with Gasteiger partial charge in [-0.3, -0.25) is 4.79 Å². The molecule has 0 radical (unpaired) electrons. The number of halogens is 1. The Kier molecular flexibility index (Phi) is 6.46. The van der Waals surface area contributed by atoms with E-state index >= 15 is 0 Å². The molecule has 1 aliphatic rings. The van der Waals surface area contributed by atoms with Crippen LogP contribution in [0.5, 0.6) is 11.5 Å². The summed E-state index contributed by atoms with van der Waals surface area (Å²) in [4.78, 5) is 12.5. The maximum absolute atomic E-state index is 12.5. The SMILES string of the molecule is CCNCc1ccccc1NC(=O)c1ccc2c(c1)OCCO2.Cl. The number of anilines is 1. The van der Waals surface area contributed by atoms with Crippen molar-refractivity contribution in [2.45, 2.75) is 13.5 Å². The molecule has 0 bridgehead atoms. The number of benzene rings is 2. The van der Waals surface area contributed by atoms with Gasteiger partial charge in [0.05, 0.1) is 0 Å². The first-order valence-electron chi connectivity index (χ1n) is 7.77. The van der Waals surface area contributed by atoms with E-state index in [1.54, 1.807) is 18.2 Å². The average Bonchev–Trinajstić information content (AvgIpc) is 2.60. The van der Waals surface area contributed by atoms with E-state index < -0.39 is 0 Å². The molecule has 2 aromatic rings. The highest BCUT2D eigenvalue weighted by molar-refractivity contribution is 6.05. The minimum atomic E-state index is -0.161. The first-order valence-corrected chi connectivity index (χ1v) is 7.77. The molecule has 0 saturated heterocycles. The molecule has 128 valence electrons. The van der Waals surface area contributed by atoms with Crippen LogP contribution in [0.3, 0.4) is 0 Å². The molecule has 0 fully saturated rings. The minimum Gasteiger partial charge on any atom is -0.486 e. The smallest absolute Gasteiger partial charge is 0.255 e. The number of fused-ring (bicyclic) bond motifs is 1. The van der Waals surface area contributed by atoms with Gasteiger partial charge in [-0.1, -0.05) is 25.1 Å². The van der Waals surface area contributed by atoms with Gasteiger partial charge in [0.1, 0.15) is 13.2 Å². The van der Waals surface area contributed by atoms with Crippen LogP contribution in [0.4, 0.5) is 5.69 Å². The molecule has 1 aliphatic heterocycles. The van der Waals surface area contributed by atoms with Crippen LogP contribution in [0, 0.1) is 0 Å². The number of carbonyl (C=O) groups excluding carboxylic acids is 1. The number of ether oxygens (including phenoxy) is 2. The fourth-order valence-electron chi connectivity index (χ4n) is 2.44. The average molecular weight is 349 g/mol. The van der Waals surface area contributed by atoms with Crippen molar-refractivity contribution >= 4 is 24.0 Å². The Morgan fingerprint density at radius 2 is 1.83 bits per heavy atom. The first kappa shape index (κ1) is 18.1. The zero-order valence-corrected chi connectivity index (χ0v) is 14.3. The van der Waals surface area contributed by atoms with Crippen molar-refractivity contribution in [3.05, 3.63) is 53.6 Å². The van der Waals surface area contributed by atoms with Crippen molar-refractivity contribution in [1.82, 2.24) is 5.32 Å². The van der Waals surface area contributed by atoms with E-state index in [9.17, 15) is 4.79 Å². The largest absolute Gasteiger partial charge is 0.486 e. The highest BCUT2D eigenvalue weighted by Crippen LogP contribution is 2.31. The molecule has 2 aromatic carbocycles. The summed E-state index contributed by atoms with van der Waals surface area (Å²) in [5.74, 6) is 1.14. The Morgan fingerprint density at radius 3 is 2.62 bits per heavy atom. The van der Waals surface area contributed by atoms with Gasteiger partial charge in [-0.05, 0) is 36.4 Å². The number of rotatable bonds is 5. The van der Waals surface area contributed by atoms with Gasteiger partial charge in [0.25, 0.3) is 5.91 Å². The number of amides is 1. The zero-order chi connectivity index (χ0) is 16.1. The molecule has 0 saturated carbocycles. The second-order valence-electron chi connectivity index (χ2n) is 5.25. The lowest BCUT2D eigenvalue weighted by Crippen LogP contribution is -2.18. The second-order valence-corrected chi connectivity index (χ2v) is 5.25. The van der Waals surface area contributed by atoms with Gasteiger partial charge >= 0.3 is 0 Å². The van der Waals surface area contributed by atoms with Crippen molar-refractivity contribution < 1.29 is 14.3 Å².